The molecule has 0 radical (unpaired) electrons. The lowest BCUT2D eigenvalue weighted by atomic mass is 9.74. The summed E-state index contributed by atoms with van der Waals surface area (Å²) in [5.41, 5.74) is 2.30. The zero-order valence-corrected chi connectivity index (χ0v) is 14.6. The highest BCUT2D eigenvalue weighted by Crippen LogP contribution is 2.38. The van der Waals surface area contributed by atoms with Gasteiger partial charge in [-0.2, -0.15) is 5.10 Å². The van der Waals surface area contributed by atoms with Gasteiger partial charge in [0.25, 0.3) is 0 Å². The molecule has 0 spiro atoms. The topological polar surface area (TPSA) is 71.5 Å². The fraction of sp³-hybridized carbons (Fsp3) is 0.571. The highest BCUT2D eigenvalue weighted by Gasteiger charge is 2.40. The molecule has 1 saturated heterocycles. The molecule has 3 heterocycles. The third-order valence-corrected chi connectivity index (χ3v) is 5.16. The van der Waals surface area contributed by atoms with Gasteiger partial charge in [0.1, 0.15) is 17.0 Å². The zero-order chi connectivity index (χ0) is 15.9. The summed E-state index contributed by atoms with van der Waals surface area (Å²) >= 11 is 7.39. The van der Waals surface area contributed by atoms with Crippen molar-refractivity contribution < 1.29 is 0 Å². The van der Waals surface area contributed by atoms with Gasteiger partial charge in [-0.25, -0.2) is 9.50 Å². The number of hydrogen-bond acceptors (Lipinski definition) is 6. The third-order valence-electron chi connectivity index (χ3n) is 4.58. The molecule has 0 aromatic carbocycles. The van der Waals surface area contributed by atoms with Crippen LogP contribution in [0.5, 0.6) is 0 Å². The smallest absolute Gasteiger partial charge is 0.156 e. The first kappa shape index (κ1) is 15.9. The number of hydrogen-bond donors (Lipinski definition) is 2. The van der Waals surface area contributed by atoms with Crippen LogP contribution in [0.4, 0.5) is 5.82 Å². The highest BCUT2D eigenvalue weighted by atomic mass is 35.5. The van der Waals surface area contributed by atoms with E-state index in [9.17, 15) is 0 Å². The number of aryl methyl sites for hydroxylation is 1. The molecular formula is C14H21ClN6S. The first-order valence-corrected chi connectivity index (χ1v) is 8.52. The summed E-state index contributed by atoms with van der Waals surface area (Å²) in [7, 11) is 0. The van der Waals surface area contributed by atoms with Gasteiger partial charge < -0.3 is 4.90 Å². The Bertz CT molecular complexity index is 679. The van der Waals surface area contributed by atoms with E-state index < -0.39 is 0 Å². The number of aromatic nitrogens is 3. The van der Waals surface area contributed by atoms with Gasteiger partial charge in [-0.15, -0.1) is 0 Å². The van der Waals surface area contributed by atoms with E-state index in [1.54, 1.807) is 10.8 Å². The van der Waals surface area contributed by atoms with Crippen molar-refractivity contribution in [2.24, 2.45) is 16.5 Å². The summed E-state index contributed by atoms with van der Waals surface area (Å²) in [6, 6.07) is 1.93. The SMILES string of the molecule is Cc1cc(Cl)n2ncnc(N3CC(C(C)(C)CNSN)C3)c12. The van der Waals surface area contributed by atoms with Crippen molar-refractivity contribution in [2.45, 2.75) is 20.8 Å². The van der Waals surface area contributed by atoms with E-state index in [-0.39, 0.29) is 5.41 Å². The van der Waals surface area contributed by atoms with Crippen LogP contribution < -0.4 is 14.8 Å². The fourth-order valence-electron chi connectivity index (χ4n) is 2.91. The molecule has 0 saturated carbocycles. The van der Waals surface area contributed by atoms with Gasteiger partial charge in [-0.1, -0.05) is 25.4 Å². The van der Waals surface area contributed by atoms with E-state index in [1.165, 1.54) is 12.1 Å². The van der Waals surface area contributed by atoms with Crippen molar-refractivity contribution in [3.63, 3.8) is 0 Å². The Morgan fingerprint density at radius 2 is 2.23 bits per heavy atom. The van der Waals surface area contributed by atoms with Crippen LogP contribution in [0.2, 0.25) is 5.15 Å². The van der Waals surface area contributed by atoms with Crippen LogP contribution in [-0.2, 0) is 0 Å². The Morgan fingerprint density at radius 3 is 2.91 bits per heavy atom. The second-order valence-corrected chi connectivity index (χ2v) is 7.44. The number of nitrogens with zero attached hydrogens (tertiary/aromatic N) is 4. The first-order chi connectivity index (χ1) is 10.4. The summed E-state index contributed by atoms with van der Waals surface area (Å²) < 4.78 is 4.92. The fourth-order valence-corrected chi connectivity index (χ4v) is 3.66. The summed E-state index contributed by atoms with van der Waals surface area (Å²) in [5, 5.41) is 10.3. The van der Waals surface area contributed by atoms with Crippen molar-refractivity contribution in [3.05, 3.63) is 23.1 Å². The second kappa shape index (κ2) is 5.88. The summed E-state index contributed by atoms with van der Waals surface area (Å²) in [4.78, 5) is 6.77. The number of nitrogens with two attached hydrogens (primary N) is 1. The number of halogens is 1. The molecular weight excluding hydrogens is 320 g/mol. The van der Waals surface area contributed by atoms with Crippen molar-refractivity contribution in [2.75, 3.05) is 24.5 Å². The van der Waals surface area contributed by atoms with Gasteiger partial charge in [0.05, 0.1) is 0 Å². The maximum absolute atomic E-state index is 6.21. The lowest BCUT2D eigenvalue weighted by Crippen LogP contribution is -2.55. The normalized spacial score (nSPS) is 16.3. The van der Waals surface area contributed by atoms with Crippen LogP contribution in [0.15, 0.2) is 12.4 Å². The van der Waals surface area contributed by atoms with E-state index in [0.717, 1.165) is 36.5 Å². The van der Waals surface area contributed by atoms with Crippen LogP contribution in [0.1, 0.15) is 19.4 Å². The molecule has 2 aromatic heterocycles. The molecule has 0 bridgehead atoms. The standard InChI is InChI=1S/C14H21ClN6S/c1-9-4-11(15)21-12(9)13(17-8-18-21)20-5-10(6-20)14(2,3)7-19-22-16/h4,8,10,19H,5-7,16H2,1-3H3. The molecule has 8 heteroatoms. The lowest BCUT2D eigenvalue weighted by molar-refractivity contribution is 0.176. The van der Waals surface area contributed by atoms with Gasteiger partial charge in [-0.3, -0.25) is 9.86 Å². The van der Waals surface area contributed by atoms with E-state index in [4.69, 9.17) is 16.7 Å². The van der Waals surface area contributed by atoms with Crippen LogP contribution >= 0.6 is 23.7 Å². The van der Waals surface area contributed by atoms with Gasteiger partial charge in [0, 0.05) is 37.7 Å². The van der Waals surface area contributed by atoms with Crippen LogP contribution in [0.3, 0.4) is 0 Å². The summed E-state index contributed by atoms with van der Waals surface area (Å²) in [6.07, 6.45) is 1.57. The molecule has 1 aliphatic heterocycles. The van der Waals surface area contributed by atoms with E-state index in [0.29, 0.717) is 11.1 Å². The molecule has 3 N–H and O–H groups in total. The number of rotatable bonds is 5. The maximum atomic E-state index is 6.21. The number of nitrogens with one attached hydrogen (secondary N) is 1. The van der Waals surface area contributed by atoms with Crippen LogP contribution in [-0.4, -0.2) is 34.2 Å². The molecule has 1 fully saturated rings. The van der Waals surface area contributed by atoms with Gasteiger partial charge >= 0.3 is 0 Å². The van der Waals surface area contributed by atoms with E-state index >= 15 is 0 Å². The van der Waals surface area contributed by atoms with E-state index in [2.05, 4.69) is 33.6 Å². The lowest BCUT2D eigenvalue weighted by Gasteiger charge is -2.48. The molecule has 0 aliphatic carbocycles. The van der Waals surface area contributed by atoms with Crippen LogP contribution in [0.25, 0.3) is 5.52 Å². The van der Waals surface area contributed by atoms with Crippen molar-refractivity contribution in [1.82, 2.24) is 19.3 Å². The largest absolute Gasteiger partial charge is 0.354 e. The van der Waals surface area contributed by atoms with Gasteiger partial charge in [0.15, 0.2) is 5.82 Å². The third kappa shape index (κ3) is 2.67. The summed E-state index contributed by atoms with van der Waals surface area (Å²) in [5.74, 6) is 1.57. The monoisotopic (exact) mass is 340 g/mol. The van der Waals surface area contributed by atoms with E-state index in [1.807, 2.05) is 13.0 Å². The molecule has 3 rings (SSSR count). The average Bonchev–Trinajstić information content (AvgIpc) is 2.71. The number of anilines is 1. The molecule has 22 heavy (non-hydrogen) atoms. The predicted molar refractivity (Wildman–Crippen MR) is 92.0 cm³/mol. The van der Waals surface area contributed by atoms with Crippen LogP contribution in [0, 0.1) is 18.3 Å². The quantitative estimate of drug-likeness (QED) is 0.813. The molecule has 0 atom stereocenters. The Hall–Kier alpha value is -1.02. The molecule has 1 aliphatic rings. The van der Waals surface area contributed by atoms with Crippen molar-refractivity contribution >= 4 is 35.1 Å². The molecule has 6 nitrogen and oxygen atoms in total. The van der Waals surface area contributed by atoms with Gasteiger partial charge in [-0.05, 0) is 24.0 Å². The number of fused-ring (bicyclic) bond motifs is 1. The minimum absolute atomic E-state index is 0.195. The Morgan fingerprint density at radius 1 is 1.50 bits per heavy atom. The highest BCUT2D eigenvalue weighted by molar-refractivity contribution is 7.95. The predicted octanol–water partition coefficient (Wildman–Crippen LogP) is 2.27. The molecule has 120 valence electrons. The summed E-state index contributed by atoms with van der Waals surface area (Å²) in [6.45, 7) is 9.44. The maximum Gasteiger partial charge on any atom is 0.156 e. The van der Waals surface area contributed by atoms with Gasteiger partial charge in [0.2, 0.25) is 0 Å². The second-order valence-electron chi connectivity index (χ2n) is 6.52. The average molecular weight is 341 g/mol. The Labute approximate surface area is 139 Å². The minimum atomic E-state index is 0.195. The Kier molecular flexibility index (Phi) is 4.24. The first-order valence-electron chi connectivity index (χ1n) is 7.26. The van der Waals surface area contributed by atoms with Crippen molar-refractivity contribution in [3.8, 4) is 0 Å². The zero-order valence-electron chi connectivity index (χ0n) is 13.0. The minimum Gasteiger partial charge on any atom is -0.354 e. The molecule has 2 aromatic rings. The Balaban J connectivity index is 1.79. The molecule has 0 amide bonds. The van der Waals surface area contributed by atoms with Crippen molar-refractivity contribution in [1.29, 1.82) is 0 Å². The molecule has 0 unspecified atom stereocenters.